The smallest absolute Gasteiger partial charge is 0.404 e. The Balaban J connectivity index is 1.40. The zero-order valence-corrected chi connectivity index (χ0v) is 15.8. The van der Waals surface area contributed by atoms with Crippen molar-refractivity contribution in [3.05, 3.63) is 47.5 Å². The average Bonchev–Trinajstić information content (AvgIpc) is 3.28. The third kappa shape index (κ3) is 3.15. The highest BCUT2D eigenvalue weighted by atomic mass is 19.2. The van der Waals surface area contributed by atoms with Crippen LogP contribution in [0.4, 0.5) is 4.39 Å². The van der Waals surface area contributed by atoms with E-state index in [-0.39, 0.29) is 23.5 Å². The van der Waals surface area contributed by atoms with Gasteiger partial charge < -0.3 is 19.1 Å². The van der Waals surface area contributed by atoms with Crippen LogP contribution in [0.15, 0.2) is 30.6 Å². The Hall–Kier alpha value is -3.27. The fourth-order valence-corrected chi connectivity index (χ4v) is 3.60. The van der Waals surface area contributed by atoms with Crippen LogP contribution in [0.25, 0.3) is 5.78 Å². The van der Waals surface area contributed by atoms with E-state index in [1.54, 1.807) is 15.5 Å². The standard InChI is InChI=1S/C19H18FN5O4/c1-11-7-13(25-18(23-11)21-10-22-25)16-9-24(5-6-27-16)17(26)12-3-4-14-15(8-12)29-19(2,20)28-14/h3-4,7-8,10,16H,5-6,9H2,1-2H3. The van der Waals surface area contributed by atoms with Crippen molar-refractivity contribution in [1.82, 2.24) is 24.5 Å². The van der Waals surface area contributed by atoms with Gasteiger partial charge >= 0.3 is 6.04 Å². The number of alkyl halides is 1. The molecule has 9 nitrogen and oxygen atoms in total. The topological polar surface area (TPSA) is 91.1 Å². The highest BCUT2D eigenvalue weighted by Crippen LogP contribution is 2.40. The molecule has 0 aliphatic carbocycles. The van der Waals surface area contributed by atoms with E-state index < -0.39 is 6.04 Å². The Morgan fingerprint density at radius 2 is 2.10 bits per heavy atom. The van der Waals surface area contributed by atoms with Crippen molar-refractivity contribution in [2.75, 3.05) is 19.7 Å². The van der Waals surface area contributed by atoms with Gasteiger partial charge in [0.2, 0.25) is 0 Å². The molecule has 4 heterocycles. The second-order valence-electron chi connectivity index (χ2n) is 7.11. The van der Waals surface area contributed by atoms with Crippen molar-refractivity contribution in [2.24, 2.45) is 0 Å². The number of halogens is 1. The number of carbonyl (C=O) groups is 1. The average molecular weight is 399 g/mol. The molecule has 0 radical (unpaired) electrons. The first kappa shape index (κ1) is 17.8. The maximum atomic E-state index is 13.9. The molecule has 0 saturated carbocycles. The lowest BCUT2D eigenvalue weighted by Crippen LogP contribution is -2.42. The van der Waals surface area contributed by atoms with E-state index in [1.807, 2.05) is 13.0 Å². The van der Waals surface area contributed by atoms with Gasteiger partial charge in [-0.05, 0) is 31.2 Å². The monoisotopic (exact) mass is 399 g/mol. The zero-order valence-electron chi connectivity index (χ0n) is 15.8. The highest BCUT2D eigenvalue weighted by molar-refractivity contribution is 5.95. The van der Waals surface area contributed by atoms with E-state index in [9.17, 15) is 9.18 Å². The van der Waals surface area contributed by atoms with E-state index in [2.05, 4.69) is 15.1 Å². The maximum absolute atomic E-state index is 13.9. The number of aryl methyl sites for hydroxylation is 1. The number of carbonyl (C=O) groups excluding carboxylic acids is 1. The van der Waals surface area contributed by atoms with Gasteiger partial charge in [0.05, 0.1) is 18.8 Å². The van der Waals surface area contributed by atoms with Gasteiger partial charge in [-0.15, -0.1) is 0 Å². The summed E-state index contributed by atoms with van der Waals surface area (Å²) in [7, 11) is 0. The molecule has 29 heavy (non-hydrogen) atoms. The van der Waals surface area contributed by atoms with Gasteiger partial charge in [0.15, 0.2) is 11.5 Å². The summed E-state index contributed by atoms with van der Waals surface area (Å²) >= 11 is 0. The molecule has 1 saturated heterocycles. The van der Waals surface area contributed by atoms with Crippen molar-refractivity contribution in [2.45, 2.75) is 26.0 Å². The van der Waals surface area contributed by atoms with Crippen LogP contribution in [0.3, 0.4) is 0 Å². The van der Waals surface area contributed by atoms with E-state index in [4.69, 9.17) is 14.2 Å². The Kier molecular flexibility index (Phi) is 3.91. The summed E-state index contributed by atoms with van der Waals surface area (Å²) in [6, 6.07) is 4.29. The fraction of sp³-hybridized carbons (Fsp3) is 0.368. The quantitative estimate of drug-likeness (QED) is 0.651. The molecule has 1 fully saturated rings. The van der Waals surface area contributed by atoms with Gasteiger partial charge in [-0.2, -0.15) is 19.0 Å². The lowest BCUT2D eigenvalue weighted by molar-refractivity contribution is -0.173. The molecule has 2 aliphatic rings. The number of aromatic nitrogens is 4. The van der Waals surface area contributed by atoms with Crippen LogP contribution < -0.4 is 9.47 Å². The number of benzene rings is 1. The minimum Gasteiger partial charge on any atom is -0.423 e. The molecule has 150 valence electrons. The summed E-state index contributed by atoms with van der Waals surface area (Å²) in [4.78, 5) is 23.2. The molecule has 2 atom stereocenters. The van der Waals surface area contributed by atoms with Crippen LogP contribution in [0, 0.1) is 6.92 Å². The van der Waals surface area contributed by atoms with Crippen molar-refractivity contribution < 1.29 is 23.4 Å². The van der Waals surface area contributed by atoms with Gasteiger partial charge in [0.25, 0.3) is 11.7 Å². The number of hydrogen-bond donors (Lipinski definition) is 0. The molecule has 1 amide bonds. The van der Waals surface area contributed by atoms with Crippen LogP contribution in [-0.4, -0.2) is 56.1 Å². The Morgan fingerprint density at radius 1 is 1.28 bits per heavy atom. The molecule has 5 rings (SSSR count). The van der Waals surface area contributed by atoms with Gasteiger partial charge in [0.1, 0.15) is 12.4 Å². The Bertz CT molecular complexity index is 1120. The van der Waals surface area contributed by atoms with E-state index in [0.717, 1.165) is 11.4 Å². The molecule has 2 aromatic heterocycles. The van der Waals surface area contributed by atoms with Crippen LogP contribution >= 0.6 is 0 Å². The predicted molar refractivity (Wildman–Crippen MR) is 97.3 cm³/mol. The van der Waals surface area contributed by atoms with Gasteiger partial charge in [-0.1, -0.05) is 0 Å². The molecule has 0 spiro atoms. The van der Waals surface area contributed by atoms with E-state index in [0.29, 0.717) is 31.0 Å². The van der Waals surface area contributed by atoms with Crippen molar-refractivity contribution >= 4 is 11.7 Å². The minimum absolute atomic E-state index is 0.197. The maximum Gasteiger partial charge on any atom is 0.404 e. The summed E-state index contributed by atoms with van der Waals surface area (Å²) in [5, 5.41) is 4.21. The summed E-state index contributed by atoms with van der Waals surface area (Å²) in [6.07, 6.45) is 1.06. The lowest BCUT2D eigenvalue weighted by Gasteiger charge is -2.33. The molecule has 3 aromatic rings. The van der Waals surface area contributed by atoms with Crippen LogP contribution in [-0.2, 0) is 4.74 Å². The van der Waals surface area contributed by atoms with Crippen LogP contribution in [0.1, 0.15) is 34.8 Å². The summed E-state index contributed by atoms with van der Waals surface area (Å²) < 4.78 is 31.6. The predicted octanol–water partition coefficient (Wildman–Crippen LogP) is 2.06. The number of nitrogens with zero attached hydrogens (tertiary/aromatic N) is 5. The van der Waals surface area contributed by atoms with Crippen LogP contribution in [0.5, 0.6) is 11.5 Å². The molecule has 2 unspecified atom stereocenters. The van der Waals surface area contributed by atoms with E-state index in [1.165, 1.54) is 25.4 Å². The third-order valence-electron chi connectivity index (χ3n) is 4.87. The van der Waals surface area contributed by atoms with Crippen molar-refractivity contribution in [3.63, 3.8) is 0 Å². The largest absolute Gasteiger partial charge is 0.423 e. The number of amides is 1. The minimum atomic E-state index is -2.23. The van der Waals surface area contributed by atoms with Crippen molar-refractivity contribution in [3.8, 4) is 11.5 Å². The molecule has 1 aromatic carbocycles. The second-order valence-corrected chi connectivity index (χ2v) is 7.11. The molecule has 10 heteroatoms. The first-order valence-electron chi connectivity index (χ1n) is 9.19. The normalized spacial score (nSPS) is 23.6. The fourth-order valence-electron chi connectivity index (χ4n) is 3.60. The van der Waals surface area contributed by atoms with E-state index >= 15 is 0 Å². The molecular weight excluding hydrogens is 381 g/mol. The first-order chi connectivity index (χ1) is 13.9. The number of hydrogen-bond acceptors (Lipinski definition) is 7. The molecule has 0 bridgehead atoms. The SMILES string of the molecule is Cc1cc(C2CN(C(=O)c3ccc4c(c3)OC(C)(F)O4)CCO2)n2ncnc2n1. The number of morpholine rings is 1. The Labute approximate surface area is 165 Å². The van der Waals surface area contributed by atoms with Crippen LogP contribution in [0.2, 0.25) is 0 Å². The Morgan fingerprint density at radius 3 is 2.97 bits per heavy atom. The molecule has 2 aliphatic heterocycles. The van der Waals surface area contributed by atoms with Gasteiger partial charge in [0, 0.05) is 24.7 Å². The number of rotatable bonds is 2. The lowest BCUT2D eigenvalue weighted by atomic mass is 10.1. The van der Waals surface area contributed by atoms with Gasteiger partial charge in [-0.3, -0.25) is 4.79 Å². The number of ether oxygens (including phenoxy) is 3. The molecule has 0 N–H and O–H groups in total. The molecular formula is C19H18FN5O4. The highest BCUT2D eigenvalue weighted by Gasteiger charge is 2.37. The number of fused-ring (bicyclic) bond motifs is 2. The zero-order chi connectivity index (χ0) is 20.2. The summed E-state index contributed by atoms with van der Waals surface area (Å²) in [5.41, 5.74) is 1.96. The first-order valence-corrected chi connectivity index (χ1v) is 9.19. The van der Waals surface area contributed by atoms with Gasteiger partial charge in [-0.25, -0.2) is 4.98 Å². The third-order valence-corrected chi connectivity index (χ3v) is 4.87. The summed E-state index contributed by atoms with van der Waals surface area (Å²) in [5.74, 6) is 0.766. The second kappa shape index (κ2) is 6.38. The van der Waals surface area contributed by atoms with Crippen molar-refractivity contribution in [1.29, 1.82) is 0 Å². The summed E-state index contributed by atoms with van der Waals surface area (Å²) in [6.45, 7) is 4.20.